The molecule has 0 spiro atoms. The van der Waals surface area contributed by atoms with E-state index in [1.165, 1.54) is 4.57 Å². The topological polar surface area (TPSA) is 83.3 Å². The Morgan fingerprint density at radius 3 is 2.64 bits per heavy atom. The van der Waals surface area contributed by atoms with Crippen LogP contribution in [0.15, 0.2) is 56.2 Å². The monoisotopic (exact) mass is 337 g/mol. The van der Waals surface area contributed by atoms with Gasteiger partial charge < -0.3 is 13.7 Å². The third-order valence-corrected chi connectivity index (χ3v) is 3.89. The summed E-state index contributed by atoms with van der Waals surface area (Å²) in [6.45, 7) is 2.55. The Morgan fingerprint density at radius 2 is 1.88 bits per heavy atom. The highest BCUT2D eigenvalue weighted by molar-refractivity contribution is 5.78. The van der Waals surface area contributed by atoms with Gasteiger partial charge in [0.25, 0.3) is 5.89 Å². The van der Waals surface area contributed by atoms with E-state index in [-0.39, 0.29) is 0 Å². The lowest BCUT2D eigenvalue weighted by Crippen LogP contribution is -2.08. The summed E-state index contributed by atoms with van der Waals surface area (Å²) in [6.07, 6.45) is 0. The van der Waals surface area contributed by atoms with Crippen molar-refractivity contribution < 1.29 is 13.7 Å². The van der Waals surface area contributed by atoms with Crippen LogP contribution in [-0.2, 0) is 7.05 Å². The highest BCUT2D eigenvalue weighted by atomic mass is 16.5. The van der Waals surface area contributed by atoms with E-state index in [4.69, 9.17) is 13.7 Å². The second kappa shape index (κ2) is 5.94. The van der Waals surface area contributed by atoms with Crippen molar-refractivity contribution in [3.05, 3.63) is 53.0 Å². The summed E-state index contributed by atoms with van der Waals surface area (Å²) >= 11 is 0. The van der Waals surface area contributed by atoms with Gasteiger partial charge in [-0.3, -0.25) is 4.57 Å². The zero-order valence-corrected chi connectivity index (χ0v) is 13.7. The van der Waals surface area contributed by atoms with Crippen molar-refractivity contribution in [3.63, 3.8) is 0 Å². The SMILES string of the molecule is CCOc1ccc(-c2nc(-c3ccc4c(c3)oc(=O)n4C)no2)cc1. The second-order valence-electron chi connectivity index (χ2n) is 5.49. The molecule has 0 unspecified atom stereocenters. The molecule has 0 N–H and O–H groups in total. The molecule has 25 heavy (non-hydrogen) atoms. The molecule has 0 fully saturated rings. The minimum atomic E-state index is -0.407. The van der Waals surface area contributed by atoms with Crippen LogP contribution in [-0.4, -0.2) is 21.3 Å². The maximum Gasteiger partial charge on any atom is 0.419 e. The second-order valence-corrected chi connectivity index (χ2v) is 5.49. The van der Waals surface area contributed by atoms with E-state index in [1.807, 2.05) is 37.3 Å². The minimum absolute atomic E-state index is 0.407. The van der Waals surface area contributed by atoms with Crippen molar-refractivity contribution >= 4 is 11.1 Å². The summed E-state index contributed by atoms with van der Waals surface area (Å²) in [5, 5.41) is 4.01. The number of aromatic nitrogens is 3. The molecule has 0 saturated heterocycles. The Bertz CT molecular complexity index is 1090. The lowest BCUT2D eigenvalue weighted by Gasteiger charge is -2.02. The summed E-state index contributed by atoms with van der Waals surface area (Å²) in [7, 11) is 1.66. The van der Waals surface area contributed by atoms with Crippen molar-refractivity contribution in [2.24, 2.45) is 7.05 Å². The molecule has 0 aliphatic heterocycles. The normalized spacial score (nSPS) is 11.1. The first-order valence-corrected chi connectivity index (χ1v) is 7.82. The average Bonchev–Trinajstić information content (AvgIpc) is 3.21. The van der Waals surface area contributed by atoms with E-state index in [0.717, 1.165) is 11.3 Å². The van der Waals surface area contributed by atoms with Gasteiger partial charge in [0.1, 0.15) is 5.75 Å². The lowest BCUT2D eigenvalue weighted by molar-refractivity contribution is 0.340. The summed E-state index contributed by atoms with van der Waals surface area (Å²) in [4.78, 5) is 16.0. The third-order valence-electron chi connectivity index (χ3n) is 3.89. The molecule has 0 aliphatic rings. The summed E-state index contributed by atoms with van der Waals surface area (Å²) in [6, 6.07) is 12.8. The van der Waals surface area contributed by atoms with Crippen molar-refractivity contribution in [3.8, 4) is 28.6 Å². The van der Waals surface area contributed by atoms with E-state index in [2.05, 4.69) is 10.1 Å². The Balaban J connectivity index is 1.67. The van der Waals surface area contributed by atoms with Gasteiger partial charge in [-0.15, -0.1) is 0 Å². The Kier molecular flexibility index (Phi) is 3.61. The first kappa shape index (κ1) is 15.2. The number of hydrogen-bond acceptors (Lipinski definition) is 6. The molecule has 2 heterocycles. The molecule has 0 aliphatic carbocycles. The molecule has 2 aromatic heterocycles. The largest absolute Gasteiger partial charge is 0.494 e. The van der Waals surface area contributed by atoms with Crippen LogP contribution >= 0.6 is 0 Å². The molecule has 0 radical (unpaired) electrons. The zero-order chi connectivity index (χ0) is 17.4. The molecule has 4 rings (SSSR count). The number of rotatable bonds is 4. The first-order chi connectivity index (χ1) is 12.2. The highest BCUT2D eigenvalue weighted by Crippen LogP contribution is 2.26. The number of nitrogens with zero attached hydrogens (tertiary/aromatic N) is 3. The molecule has 7 nitrogen and oxygen atoms in total. The van der Waals surface area contributed by atoms with Crippen LogP contribution in [0.1, 0.15) is 6.92 Å². The van der Waals surface area contributed by atoms with Crippen molar-refractivity contribution in [1.82, 2.24) is 14.7 Å². The Morgan fingerprint density at radius 1 is 1.12 bits per heavy atom. The number of aryl methyl sites for hydroxylation is 1. The van der Waals surface area contributed by atoms with E-state index in [0.29, 0.717) is 35.0 Å². The molecular formula is C18H15N3O4. The molecule has 2 aromatic carbocycles. The van der Waals surface area contributed by atoms with Crippen LogP contribution in [0.5, 0.6) is 5.75 Å². The maximum atomic E-state index is 11.6. The average molecular weight is 337 g/mol. The summed E-state index contributed by atoms with van der Waals surface area (Å²) < 4.78 is 17.4. The highest BCUT2D eigenvalue weighted by Gasteiger charge is 2.13. The number of oxazole rings is 1. The summed E-state index contributed by atoms with van der Waals surface area (Å²) in [5.74, 6) is 1.22. The van der Waals surface area contributed by atoms with Gasteiger partial charge in [-0.25, -0.2) is 4.79 Å². The van der Waals surface area contributed by atoms with Gasteiger partial charge >= 0.3 is 5.76 Å². The molecule has 0 bridgehead atoms. The van der Waals surface area contributed by atoms with Crippen LogP contribution in [0.25, 0.3) is 33.9 Å². The first-order valence-electron chi connectivity index (χ1n) is 7.82. The molecule has 126 valence electrons. The van der Waals surface area contributed by atoms with Crippen molar-refractivity contribution in [2.45, 2.75) is 6.92 Å². The van der Waals surface area contributed by atoms with Gasteiger partial charge in [-0.1, -0.05) is 5.16 Å². The van der Waals surface area contributed by atoms with Gasteiger partial charge in [-0.05, 0) is 49.4 Å². The maximum absolute atomic E-state index is 11.6. The number of fused-ring (bicyclic) bond motifs is 1. The van der Waals surface area contributed by atoms with E-state index < -0.39 is 5.76 Å². The zero-order valence-electron chi connectivity index (χ0n) is 13.7. The Hall–Kier alpha value is -3.35. The molecule has 0 amide bonds. The molecule has 7 heteroatoms. The molecule has 4 aromatic rings. The fourth-order valence-corrected chi connectivity index (χ4v) is 2.59. The number of benzene rings is 2. The standard InChI is InChI=1S/C18H15N3O4/c1-3-23-13-7-4-11(5-8-13)17-19-16(20-25-17)12-6-9-14-15(10-12)24-18(22)21(14)2/h4-10H,3H2,1-2H3. The van der Waals surface area contributed by atoms with Crippen LogP contribution in [0.2, 0.25) is 0 Å². The number of ether oxygens (including phenoxy) is 1. The van der Waals surface area contributed by atoms with E-state index >= 15 is 0 Å². The van der Waals surface area contributed by atoms with Gasteiger partial charge in [0.15, 0.2) is 5.58 Å². The van der Waals surface area contributed by atoms with Gasteiger partial charge in [0, 0.05) is 18.2 Å². The third kappa shape index (κ3) is 2.69. The van der Waals surface area contributed by atoms with Crippen molar-refractivity contribution in [1.29, 1.82) is 0 Å². The van der Waals surface area contributed by atoms with Crippen LogP contribution in [0, 0.1) is 0 Å². The predicted octanol–water partition coefficient (Wildman–Crippen LogP) is 3.25. The smallest absolute Gasteiger partial charge is 0.419 e. The van der Waals surface area contributed by atoms with Gasteiger partial charge in [0.2, 0.25) is 5.82 Å². The molecular weight excluding hydrogens is 322 g/mol. The van der Waals surface area contributed by atoms with Gasteiger partial charge in [-0.2, -0.15) is 4.98 Å². The lowest BCUT2D eigenvalue weighted by atomic mass is 10.2. The van der Waals surface area contributed by atoms with Crippen molar-refractivity contribution in [2.75, 3.05) is 6.61 Å². The molecule has 0 atom stereocenters. The Labute approximate surface area is 142 Å². The van der Waals surface area contributed by atoms with Crippen LogP contribution in [0.4, 0.5) is 0 Å². The van der Waals surface area contributed by atoms with Crippen LogP contribution < -0.4 is 10.5 Å². The fraction of sp³-hybridized carbons (Fsp3) is 0.167. The predicted molar refractivity (Wildman–Crippen MR) is 91.4 cm³/mol. The quantitative estimate of drug-likeness (QED) is 0.568. The number of hydrogen-bond donors (Lipinski definition) is 0. The summed E-state index contributed by atoms with van der Waals surface area (Å²) in [5.41, 5.74) is 2.71. The molecule has 0 saturated carbocycles. The fourth-order valence-electron chi connectivity index (χ4n) is 2.59. The van der Waals surface area contributed by atoms with Gasteiger partial charge in [0.05, 0.1) is 12.1 Å². The van der Waals surface area contributed by atoms with Crippen LogP contribution in [0.3, 0.4) is 0 Å². The minimum Gasteiger partial charge on any atom is -0.494 e. The van der Waals surface area contributed by atoms with E-state index in [9.17, 15) is 4.79 Å². The van der Waals surface area contributed by atoms with E-state index in [1.54, 1.807) is 19.2 Å².